The molecule has 1 N–H and O–H groups in total. The van der Waals surface area contributed by atoms with Crippen molar-refractivity contribution in [2.24, 2.45) is 0 Å². The van der Waals surface area contributed by atoms with Crippen molar-refractivity contribution in [3.05, 3.63) is 114 Å². The number of nitrogens with one attached hydrogen (secondary N) is 1. The first kappa shape index (κ1) is 21.2. The fraction of sp³-hybridized carbons (Fsp3) is 0.0370. The van der Waals surface area contributed by atoms with Gasteiger partial charge in [-0.2, -0.15) is 8.97 Å². The summed E-state index contributed by atoms with van der Waals surface area (Å²) < 4.78 is 9.62. The Balaban J connectivity index is 1.74. The second kappa shape index (κ2) is 9.06. The van der Waals surface area contributed by atoms with E-state index >= 15 is 0 Å². The normalized spacial score (nSPS) is 10.8. The third kappa shape index (κ3) is 4.09. The Labute approximate surface area is 202 Å². The molecule has 0 saturated heterocycles. The van der Waals surface area contributed by atoms with Crippen LogP contribution in [0.3, 0.4) is 0 Å². The molecule has 0 bridgehead atoms. The number of fused-ring (bicyclic) bond motifs is 1. The molecule has 3 aromatic carbocycles. The van der Waals surface area contributed by atoms with E-state index in [1.54, 1.807) is 7.11 Å². The van der Waals surface area contributed by atoms with Crippen LogP contribution in [0, 0.1) is 0 Å². The number of anilines is 1. The number of rotatable bonds is 5. The Morgan fingerprint density at radius 2 is 1.58 bits per heavy atom. The molecule has 2 heterocycles. The highest BCUT2D eigenvalue weighted by atomic mass is 35.5. The van der Waals surface area contributed by atoms with Gasteiger partial charge in [-0.05, 0) is 72.8 Å². The summed E-state index contributed by atoms with van der Waals surface area (Å²) in [5, 5.41) is 4.09. The number of benzene rings is 3. The molecular weight excluding hydrogens is 450 g/mol. The van der Waals surface area contributed by atoms with E-state index in [0.717, 1.165) is 39.7 Å². The van der Waals surface area contributed by atoms with Crippen molar-refractivity contribution in [2.45, 2.75) is 0 Å². The summed E-state index contributed by atoms with van der Waals surface area (Å²) >= 11 is 12.2. The van der Waals surface area contributed by atoms with Crippen molar-refractivity contribution in [3.63, 3.8) is 0 Å². The van der Waals surface area contributed by atoms with E-state index in [1.807, 2.05) is 78.9 Å². The molecule has 0 aliphatic heterocycles. The first-order valence-electron chi connectivity index (χ1n) is 10.5. The van der Waals surface area contributed by atoms with Crippen LogP contribution >= 0.6 is 23.8 Å². The predicted octanol–water partition coefficient (Wildman–Crippen LogP) is 6.33. The summed E-state index contributed by atoms with van der Waals surface area (Å²) in [7, 11) is 1.65. The number of aromatic nitrogens is 2. The van der Waals surface area contributed by atoms with Gasteiger partial charge in [-0.1, -0.05) is 48.1 Å². The van der Waals surface area contributed by atoms with Crippen molar-refractivity contribution in [1.82, 2.24) is 4.57 Å². The Bertz CT molecular complexity index is 1430. The number of nitrogens with zero attached hydrogens (tertiary/aromatic N) is 2. The van der Waals surface area contributed by atoms with Gasteiger partial charge >= 0.3 is 0 Å². The lowest BCUT2D eigenvalue weighted by Crippen LogP contribution is -2.22. The van der Waals surface area contributed by atoms with Gasteiger partial charge in [-0.25, -0.2) is 0 Å². The van der Waals surface area contributed by atoms with Gasteiger partial charge in [-0.3, -0.25) is 0 Å². The molecule has 6 heteroatoms. The molecule has 0 radical (unpaired) electrons. The summed E-state index contributed by atoms with van der Waals surface area (Å²) in [6, 6.07) is 31.9. The van der Waals surface area contributed by atoms with E-state index < -0.39 is 0 Å². The Morgan fingerprint density at radius 3 is 2.27 bits per heavy atom. The molecule has 0 aliphatic rings. The van der Waals surface area contributed by atoms with Gasteiger partial charge in [0.15, 0.2) is 10.5 Å². The van der Waals surface area contributed by atoms with E-state index in [-0.39, 0.29) is 0 Å². The Kier molecular flexibility index (Phi) is 5.82. The van der Waals surface area contributed by atoms with Crippen molar-refractivity contribution < 1.29 is 9.14 Å². The van der Waals surface area contributed by atoms with Crippen LogP contribution in [-0.4, -0.2) is 16.7 Å². The van der Waals surface area contributed by atoms with Crippen LogP contribution in [0.2, 0.25) is 5.02 Å². The van der Waals surface area contributed by atoms with Gasteiger partial charge in [0.1, 0.15) is 11.4 Å². The largest absolute Gasteiger partial charge is 0.497 e. The van der Waals surface area contributed by atoms with Crippen molar-refractivity contribution in [1.29, 1.82) is 0 Å². The smallest absolute Gasteiger partial charge is 0.299 e. The molecule has 0 unspecified atom stereocenters. The maximum atomic E-state index is 6.21. The minimum Gasteiger partial charge on any atom is -0.497 e. The number of pyridine rings is 1. The zero-order chi connectivity index (χ0) is 22.8. The van der Waals surface area contributed by atoms with E-state index in [1.165, 1.54) is 0 Å². The third-order valence-electron chi connectivity index (χ3n) is 5.45. The maximum absolute atomic E-state index is 6.21. The van der Waals surface area contributed by atoms with Crippen molar-refractivity contribution in [3.8, 4) is 22.8 Å². The van der Waals surface area contributed by atoms with E-state index in [4.69, 9.17) is 28.6 Å². The number of thiocarbonyl (C=S) groups is 1. The molecule has 0 saturated carbocycles. The highest BCUT2D eigenvalue weighted by Gasteiger charge is 2.30. The fourth-order valence-corrected chi connectivity index (χ4v) is 4.37. The van der Waals surface area contributed by atoms with Crippen LogP contribution in [0.1, 0.15) is 5.69 Å². The summed E-state index contributed by atoms with van der Waals surface area (Å²) in [5.41, 5.74) is 4.82. The monoisotopic (exact) mass is 470 g/mol. The first-order chi connectivity index (χ1) is 16.2. The lowest BCUT2D eigenvalue weighted by molar-refractivity contribution is -0.499. The lowest BCUT2D eigenvalue weighted by Gasteiger charge is -2.09. The van der Waals surface area contributed by atoms with Gasteiger partial charge in [0.2, 0.25) is 5.69 Å². The summed E-state index contributed by atoms with van der Waals surface area (Å²) in [5.74, 6) is 1.80. The molecule has 0 fully saturated rings. The van der Waals surface area contributed by atoms with Gasteiger partial charge in [-0.15, -0.1) is 0 Å². The van der Waals surface area contributed by atoms with Crippen LogP contribution in [0.15, 0.2) is 103 Å². The highest BCUT2D eigenvalue weighted by molar-refractivity contribution is 7.81. The molecule has 0 atom stereocenters. The first-order valence-corrected chi connectivity index (χ1v) is 11.3. The molecular formula is C27H21ClN3OS+. The highest BCUT2D eigenvalue weighted by Crippen LogP contribution is 2.28. The van der Waals surface area contributed by atoms with E-state index in [9.17, 15) is 0 Å². The fourth-order valence-electron chi connectivity index (χ4n) is 3.93. The Morgan fingerprint density at radius 1 is 0.879 bits per heavy atom. The second-order valence-corrected chi connectivity index (χ2v) is 8.33. The summed E-state index contributed by atoms with van der Waals surface area (Å²) in [6.45, 7) is 0. The van der Waals surface area contributed by atoms with Gasteiger partial charge in [0.25, 0.3) is 5.82 Å². The van der Waals surface area contributed by atoms with Crippen molar-refractivity contribution in [2.75, 3.05) is 12.4 Å². The number of methoxy groups -OCH3 is 1. The minimum atomic E-state index is 0.612. The summed E-state index contributed by atoms with van der Waals surface area (Å²) in [6.07, 6.45) is 2.06. The lowest BCUT2D eigenvalue weighted by atomic mass is 10.2. The number of ether oxygens (including phenoxy) is 1. The average molecular weight is 471 g/mol. The molecule has 33 heavy (non-hydrogen) atoms. The quantitative estimate of drug-likeness (QED) is 0.240. The molecule has 0 aliphatic carbocycles. The van der Waals surface area contributed by atoms with E-state index in [0.29, 0.717) is 10.0 Å². The molecule has 4 nitrogen and oxygen atoms in total. The molecule has 2 aromatic heterocycles. The molecule has 0 amide bonds. The van der Waals surface area contributed by atoms with Gasteiger partial charge in [0.05, 0.1) is 18.9 Å². The molecule has 5 aromatic rings. The Hall–Kier alpha value is -3.67. The topological polar surface area (TPSA) is 30.3 Å². The zero-order valence-electron chi connectivity index (χ0n) is 17.9. The van der Waals surface area contributed by atoms with Crippen LogP contribution in [-0.2, 0) is 0 Å². The zero-order valence-corrected chi connectivity index (χ0v) is 19.5. The minimum absolute atomic E-state index is 0.612. The maximum Gasteiger partial charge on any atom is 0.299 e. The van der Waals surface area contributed by atoms with Crippen LogP contribution < -0.4 is 14.5 Å². The van der Waals surface area contributed by atoms with Gasteiger partial charge in [0, 0.05) is 10.7 Å². The van der Waals surface area contributed by atoms with Crippen LogP contribution in [0.5, 0.6) is 5.75 Å². The molecule has 5 rings (SSSR count). The number of halogens is 1. The number of imidazole rings is 1. The molecule has 162 valence electrons. The predicted molar refractivity (Wildman–Crippen MR) is 138 cm³/mol. The number of hydrogen-bond donors (Lipinski definition) is 1. The summed E-state index contributed by atoms with van der Waals surface area (Å²) in [4.78, 5) is 0.612. The van der Waals surface area contributed by atoms with Crippen LogP contribution in [0.25, 0.3) is 22.6 Å². The number of hydrogen-bond acceptors (Lipinski definition) is 2. The van der Waals surface area contributed by atoms with E-state index in [2.05, 4.69) is 38.7 Å². The third-order valence-corrected chi connectivity index (χ3v) is 5.99. The average Bonchev–Trinajstić information content (AvgIpc) is 3.21. The van der Waals surface area contributed by atoms with Gasteiger partial charge < -0.3 is 10.1 Å². The van der Waals surface area contributed by atoms with Crippen LogP contribution in [0.4, 0.5) is 5.69 Å². The van der Waals surface area contributed by atoms with Crippen molar-refractivity contribution >= 4 is 40.0 Å². The SMILES string of the molecule is COc1ccc(NC(=S)c2c3cccc[n+]3c(-c3ccccc3)n2-c2ccc(Cl)cc2)cc1. The molecule has 0 spiro atoms. The second-order valence-electron chi connectivity index (χ2n) is 7.49. The standard InChI is InChI=1S/C27H20ClN3OS/c1-32-23-16-12-21(13-17-23)29-26(33)25-24-9-5-6-18-30(24)27(19-7-3-2-4-8-19)31(25)22-14-10-20(28)11-15-22/h2-18H,1H3/p+1.